The van der Waals surface area contributed by atoms with Gasteiger partial charge in [0.05, 0.1) is 19.8 Å². The highest BCUT2D eigenvalue weighted by molar-refractivity contribution is 5.82. The van der Waals surface area contributed by atoms with Crippen LogP contribution < -0.4 is 4.90 Å². The van der Waals surface area contributed by atoms with Crippen LogP contribution in [-0.2, 0) is 20.7 Å². The largest absolute Gasteiger partial charge is 0.480 e. The molecule has 2 rings (SSSR count). The van der Waals surface area contributed by atoms with E-state index in [1.807, 2.05) is 29.2 Å². The van der Waals surface area contributed by atoms with Gasteiger partial charge in [0, 0.05) is 25.8 Å². The Morgan fingerprint density at radius 3 is 2.89 bits per heavy atom. The number of hydrogen-bond donors (Lipinski definition) is 1. The predicted octanol–water partition coefficient (Wildman–Crippen LogP) is 1.17. The van der Waals surface area contributed by atoms with E-state index in [4.69, 9.17) is 9.47 Å². The molecule has 0 aromatic heterocycles. The van der Waals surface area contributed by atoms with Gasteiger partial charge in [-0.15, -0.1) is 0 Å². The Morgan fingerprint density at radius 2 is 2.16 bits per heavy atom. The van der Waals surface area contributed by atoms with Gasteiger partial charge in [-0.05, 0) is 11.6 Å². The minimum atomic E-state index is -0.784. The van der Waals surface area contributed by atoms with Crippen LogP contribution in [-0.4, -0.2) is 50.6 Å². The van der Waals surface area contributed by atoms with Gasteiger partial charge in [-0.2, -0.15) is 0 Å². The number of para-hydroxylation sites is 1. The molecule has 1 aromatic rings. The molecule has 1 aliphatic rings. The summed E-state index contributed by atoms with van der Waals surface area (Å²) in [6.07, 6.45) is 0.559. The molecule has 1 unspecified atom stereocenters. The van der Waals surface area contributed by atoms with E-state index in [9.17, 15) is 9.90 Å². The zero-order valence-corrected chi connectivity index (χ0v) is 11.0. The van der Waals surface area contributed by atoms with Gasteiger partial charge in [0.2, 0.25) is 0 Å². The molecule has 104 valence electrons. The van der Waals surface area contributed by atoms with Crippen molar-refractivity contribution in [3.8, 4) is 0 Å². The quantitative estimate of drug-likeness (QED) is 0.750. The Bertz CT molecular complexity index is 435. The molecule has 0 amide bonds. The fourth-order valence-corrected chi connectivity index (χ4v) is 2.35. The molecule has 0 radical (unpaired) electrons. The number of rotatable bonds is 7. The maximum Gasteiger partial charge on any atom is 0.326 e. The molecule has 0 bridgehead atoms. The summed E-state index contributed by atoms with van der Waals surface area (Å²) in [7, 11) is 1.63. The third-order valence-corrected chi connectivity index (χ3v) is 3.28. The highest BCUT2D eigenvalue weighted by Crippen LogP contribution is 2.31. The third kappa shape index (κ3) is 3.24. The molecule has 0 saturated carbocycles. The van der Waals surface area contributed by atoms with Crippen molar-refractivity contribution in [2.24, 2.45) is 0 Å². The van der Waals surface area contributed by atoms with Crippen LogP contribution in [0.3, 0.4) is 0 Å². The Hall–Kier alpha value is -1.59. The number of anilines is 1. The van der Waals surface area contributed by atoms with E-state index in [1.54, 1.807) is 7.11 Å². The summed E-state index contributed by atoms with van der Waals surface area (Å²) in [4.78, 5) is 13.2. The summed E-state index contributed by atoms with van der Waals surface area (Å²) in [5.41, 5.74) is 2.09. The van der Waals surface area contributed by atoms with Crippen LogP contribution >= 0.6 is 0 Å². The van der Waals surface area contributed by atoms with Crippen molar-refractivity contribution in [3.63, 3.8) is 0 Å². The number of carboxylic acid groups (broad SMARTS) is 1. The molecule has 0 saturated heterocycles. The van der Waals surface area contributed by atoms with Crippen molar-refractivity contribution in [1.29, 1.82) is 0 Å². The lowest BCUT2D eigenvalue weighted by molar-refractivity contribution is -0.138. The van der Waals surface area contributed by atoms with Gasteiger partial charge < -0.3 is 19.5 Å². The summed E-state index contributed by atoms with van der Waals surface area (Å²) in [5, 5.41) is 9.29. The van der Waals surface area contributed by atoms with E-state index >= 15 is 0 Å². The van der Waals surface area contributed by atoms with E-state index in [0.717, 1.165) is 11.3 Å². The van der Waals surface area contributed by atoms with Gasteiger partial charge in [0.15, 0.2) is 0 Å². The molecule has 1 N–H and O–H groups in total. The maximum absolute atomic E-state index is 11.3. The third-order valence-electron chi connectivity index (χ3n) is 3.28. The zero-order valence-electron chi connectivity index (χ0n) is 11.0. The first-order chi connectivity index (χ1) is 9.24. The second-order valence-electron chi connectivity index (χ2n) is 4.49. The van der Waals surface area contributed by atoms with Crippen LogP contribution in [0.2, 0.25) is 0 Å². The molecule has 5 nitrogen and oxygen atoms in total. The smallest absolute Gasteiger partial charge is 0.326 e. The minimum absolute atomic E-state index is 0.483. The summed E-state index contributed by atoms with van der Waals surface area (Å²) < 4.78 is 10.3. The van der Waals surface area contributed by atoms with Crippen LogP contribution in [0, 0.1) is 0 Å². The molecule has 1 heterocycles. The van der Waals surface area contributed by atoms with Crippen molar-refractivity contribution in [2.45, 2.75) is 12.5 Å². The van der Waals surface area contributed by atoms with Crippen LogP contribution in [0.15, 0.2) is 24.3 Å². The number of methoxy groups -OCH3 is 1. The number of carbonyl (C=O) groups is 1. The first kappa shape index (κ1) is 13.8. The number of aliphatic carboxylic acids is 1. The first-order valence-electron chi connectivity index (χ1n) is 6.38. The van der Waals surface area contributed by atoms with E-state index in [0.29, 0.717) is 32.8 Å². The van der Waals surface area contributed by atoms with Gasteiger partial charge in [0.1, 0.15) is 6.04 Å². The van der Waals surface area contributed by atoms with Crippen molar-refractivity contribution in [3.05, 3.63) is 29.8 Å². The lowest BCUT2D eigenvalue weighted by Gasteiger charge is -2.24. The maximum atomic E-state index is 11.3. The average Bonchev–Trinajstić information content (AvgIpc) is 2.78. The highest BCUT2D eigenvalue weighted by atomic mass is 16.5. The van der Waals surface area contributed by atoms with E-state index in [1.165, 1.54) is 0 Å². The lowest BCUT2D eigenvalue weighted by atomic mass is 10.1. The minimum Gasteiger partial charge on any atom is -0.480 e. The first-order valence-corrected chi connectivity index (χ1v) is 6.38. The van der Waals surface area contributed by atoms with E-state index in [2.05, 4.69) is 0 Å². The second kappa shape index (κ2) is 6.54. The topological polar surface area (TPSA) is 59.0 Å². The monoisotopic (exact) mass is 265 g/mol. The van der Waals surface area contributed by atoms with E-state index < -0.39 is 12.0 Å². The Morgan fingerprint density at radius 1 is 1.37 bits per heavy atom. The summed E-state index contributed by atoms with van der Waals surface area (Å²) in [5.74, 6) is -0.784. The van der Waals surface area contributed by atoms with Crippen LogP contribution in [0.5, 0.6) is 0 Å². The predicted molar refractivity (Wildman–Crippen MR) is 71.6 cm³/mol. The Balaban J connectivity index is 1.97. The molecule has 0 spiro atoms. The van der Waals surface area contributed by atoms with Gasteiger partial charge >= 0.3 is 5.97 Å². The Kier molecular flexibility index (Phi) is 4.76. The molecule has 0 aliphatic carbocycles. The Labute approximate surface area is 112 Å². The van der Waals surface area contributed by atoms with E-state index in [-0.39, 0.29) is 0 Å². The van der Waals surface area contributed by atoms with Gasteiger partial charge in [-0.3, -0.25) is 0 Å². The van der Waals surface area contributed by atoms with Gasteiger partial charge in [0.25, 0.3) is 0 Å². The SMILES string of the molecule is COCCOCCN1c2ccccc2CC1C(=O)O. The highest BCUT2D eigenvalue weighted by Gasteiger charge is 2.33. The number of fused-ring (bicyclic) bond motifs is 1. The molecule has 19 heavy (non-hydrogen) atoms. The fraction of sp³-hybridized carbons (Fsp3) is 0.500. The van der Waals surface area contributed by atoms with Crippen molar-refractivity contribution < 1.29 is 19.4 Å². The second-order valence-corrected chi connectivity index (χ2v) is 4.49. The number of hydrogen-bond acceptors (Lipinski definition) is 4. The van der Waals surface area contributed by atoms with Crippen molar-refractivity contribution in [2.75, 3.05) is 38.4 Å². The standard InChI is InChI=1S/C14H19NO4/c1-18-8-9-19-7-6-15-12-5-3-2-4-11(12)10-13(15)14(16)17/h2-5,13H,6-10H2,1H3,(H,16,17). The molecule has 1 aliphatic heterocycles. The molecular formula is C14H19NO4. The summed E-state index contributed by atoms with van der Waals surface area (Å²) >= 11 is 0. The zero-order chi connectivity index (χ0) is 13.7. The number of nitrogens with zero attached hydrogens (tertiary/aromatic N) is 1. The fourth-order valence-electron chi connectivity index (χ4n) is 2.35. The van der Waals surface area contributed by atoms with Crippen LogP contribution in [0.1, 0.15) is 5.56 Å². The molecule has 5 heteroatoms. The summed E-state index contributed by atoms with van der Waals surface area (Å²) in [6, 6.07) is 7.34. The van der Waals surface area contributed by atoms with Crippen molar-refractivity contribution in [1.82, 2.24) is 0 Å². The number of benzene rings is 1. The van der Waals surface area contributed by atoms with Crippen LogP contribution in [0.4, 0.5) is 5.69 Å². The van der Waals surface area contributed by atoms with Gasteiger partial charge in [-0.25, -0.2) is 4.79 Å². The molecular weight excluding hydrogens is 246 g/mol. The number of ether oxygens (including phenoxy) is 2. The average molecular weight is 265 g/mol. The molecule has 1 atom stereocenters. The normalized spacial score (nSPS) is 17.5. The molecule has 1 aromatic carbocycles. The van der Waals surface area contributed by atoms with Gasteiger partial charge in [-0.1, -0.05) is 18.2 Å². The summed E-state index contributed by atoms with van der Waals surface area (Å²) in [6.45, 7) is 2.17. The lowest BCUT2D eigenvalue weighted by Crippen LogP contribution is -2.40. The molecule has 0 fully saturated rings. The van der Waals surface area contributed by atoms with Crippen LogP contribution in [0.25, 0.3) is 0 Å². The number of carboxylic acids is 1. The van der Waals surface area contributed by atoms with Crippen molar-refractivity contribution >= 4 is 11.7 Å².